The largest absolute Gasteiger partial charge is 0.508 e. The monoisotopic (exact) mass is 485 g/mol. The summed E-state index contributed by atoms with van der Waals surface area (Å²) in [6.45, 7) is 0.456. The zero-order valence-electron chi connectivity index (χ0n) is 17.2. The molecule has 170 valence electrons. The van der Waals surface area contributed by atoms with Crippen molar-refractivity contribution < 1.29 is 29.0 Å². The minimum atomic E-state index is -0.506. The number of nitrogens with zero attached hydrogens (tertiary/aromatic N) is 1. The van der Waals surface area contributed by atoms with Crippen molar-refractivity contribution in [1.82, 2.24) is 15.8 Å². The number of nitrogens with one attached hydrogen (secondary N) is 2. The highest BCUT2D eigenvalue weighted by Crippen LogP contribution is 2.36. The number of phenols is 1. The molecule has 3 amide bonds. The second-order valence-electron chi connectivity index (χ2n) is 7.10. The van der Waals surface area contributed by atoms with Gasteiger partial charge < -0.3 is 14.6 Å². The molecule has 0 aliphatic carbocycles. The third kappa shape index (κ3) is 5.44. The highest BCUT2D eigenvalue weighted by molar-refractivity contribution is 8.26. The zero-order valence-corrected chi connectivity index (χ0v) is 18.8. The number of hydrogen-bond donors (Lipinski definition) is 3. The molecule has 3 N–H and O–H groups in total. The fourth-order valence-electron chi connectivity index (χ4n) is 3.12. The van der Waals surface area contributed by atoms with Gasteiger partial charge in [-0.05, 0) is 54.5 Å². The van der Waals surface area contributed by atoms with Crippen molar-refractivity contribution in [2.45, 2.75) is 12.8 Å². The van der Waals surface area contributed by atoms with Crippen LogP contribution in [0.1, 0.15) is 28.8 Å². The number of hydrazine groups is 1. The maximum Gasteiger partial charge on any atom is 0.269 e. The van der Waals surface area contributed by atoms with E-state index < -0.39 is 11.8 Å². The van der Waals surface area contributed by atoms with Crippen LogP contribution >= 0.6 is 24.0 Å². The van der Waals surface area contributed by atoms with Crippen LogP contribution in [0.15, 0.2) is 47.4 Å². The molecule has 2 aliphatic rings. The van der Waals surface area contributed by atoms with Gasteiger partial charge in [0.1, 0.15) is 10.1 Å². The average molecular weight is 486 g/mol. The molecule has 0 atom stereocenters. The number of phenolic OH excluding ortho intramolecular Hbond substituents is 1. The number of amides is 3. The van der Waals surface area contributed by atoms with Crippen LogP contribution in [0.5, 0.6) is 17.2 Å². The topological polar surface area (TPSA) is 117 Å². The first-order valence-corrected chi connectivity index (χ1v) is 11.2. The number of aromatic hydroxyl groups is 1. The van der Waals surface area contributed by atoms with Crippen molar-refractivity contribution in [3.05, 3.63) is 58.5 Å². The lowest BCUT2D eigenvalue weighted by molar-refractivity contribution is -0.124. The van der Waals surface area contributed by atoms with Crippen molar-refractivity contribution in [3.63, 3.8) is 0 Å². The fourth-order valence-corrected chi connectivity index (χ4v) is 4.43. The van der Waals surface area contributed by atoms with E-state index in [9.17, 15) is 19.5 Å². The van der Waals surface area contributed by atoms with Gasteiger partial charge in [-0.3, -0.25) is 30.1 Å². The summed E-state index contributed by atoms with van der Waals surface area (Å²) in [7, 11) is 0. The van der Waals surface area contributed by atoms with Gasteiger partial charge in [-0.15, -0.1) is 0 Å². The number of ether oxygens (including phenoxy) is 2. The summed E-state index contributed by atoms with van der Waals surface area (Å²) < 4.78 is 11.1. The molecule has 2 aromatic rings. The number of carbonyl (C=O) groups excluding carboxylic acids is 3. The molecule has 0 saturated carbocycles. The summed E-state index contributed by atoms with van der Waals surface area (Å²) in [5, 5.41) is 9.25. The number of hydrogen-bond acceptors (Lipinski definition) is 8. The smallest absolute Gasteiger partial charge is 0.269 e. The van der Waals surface area contributed by atoms with Gasteiger partial charge in [0.15, 0.2) is 11.5 Å². The number of rotatable bonds is 6. The van der Waals surface area contributed by atoms with Gasteiger partial charge in [0, 0.05) is 18.5 Å². The minimum Gasteiger partial charge on any atom is -0.508 e. The Morgan fingerprint density at radius 2 is 1.88 bits per heavy atom. The second-order valence-corrected chi connectivity index (χ2v) is 8.77. The van der Waals surface area contributed by atoms with Crippen molar-refractivity contribution in [2.24, 2.45) is 0 Å². The molecule has 11 heteroatoms. The number of fused-ring (bicyclic) bond motifs is 1. The van der Waals surface area contributed by atoms with Crippen LogP contribution in [-0.2, 0) is 9.59 Å². The van der Waals surface area contributed by atoms with E-state index in [4.69, 9.17) is 21.7 Å². The molecular formula is C22H19N3O6S2. The molecule has 1 saturated heterocycles. The molecule has 0 bridgehead atoms. The molecule has 0 spiro atoms. The summed E-state index contributed by atoms with van der Waals surface area (Å²) in [5.74, 6) is 0.207. The van der Waals surface area contributed by atoms with Crippen LogP contribution in [0, 0.1) is 0 Å². The number of carbonyl (C=O) groups is 3. The SMILES string of the molecule is O=C(CCCN1C(=O)C(=Cc2ccc3c(c2)OCO3)SC1=S)NNC(=O)c1ccc(O)cc1. The first kappa shape index (κ1) is 22.6. The van der Waals surface area contributed by atoms with Crippen molar-refractivity contribution in [3.8, 4) is 17.2 Å². The van der Waals surface area contributed by atoms with Gasteiger partial charge in [-0.2, -0.15) is 0 Å². The zero-order chi connectivity index (χ0) is 23.4. The van der Waals surface area contributed by atoms with E-state index in [0.29, 0.717) is 32.7 Å². The van der Waals surface area contributed by atoms with E-state index in [2.05, 4.69) is 10.9 Å². The first-order chi connectivity index (χ1) is 15.9. The van der Waals surface area contributed by atoms with Crippen LogP contribution in [0.4, 0.5) is 0 Å². The van der Waals surface area contributed by atoms with Crippen molar-refractivity contribution >= 4 is 52.1 Å². The molecule has 9 nitrogen and oxygen atoms in total. The maximum atomic E-state index is 12.7. The molecule has 2 aromatic carbocycles. The Balaban J connectivity index is 1.25. The Bertz CT molecular complexity index is 1150. The predicted molar refractivity (Wildman–Crippen MR) is 125 cm³/mol. The highest BCUT2D eigenvalue weighted by Gasteiger charge is 2.31. The average Bonchev–Trinajstić information content (AvgIpc) is 3.37. The molecule has 0 unspecified atom stereocenters. The Labute approximate surface area is 198 Å². The quantitative estimate of drug-likeness (QED) is 0.325. The number of thiocarbonyl (C=S) groups is 1. The highest BCUT2D eigenvalue weighted by atomic mass is 32.2. The van der Waals surface area contributed by atoms with Gasteiger partial charge in [0.05, 0.1) is 4.91 Å². The molecular weight excluding hydrogens is 466 g/mol. The van der Waals surface area contributed by atoms with Gasteiger partial charge in [-0.25, -0.2) is 0 Å². The van der Waals surface area contributed by atoms with Crippen LogP contribution in [0.25, 0.3) is 6.08 Å². The molecule has 33 heavy (non-hydrogen) atoms. The molecule has 0 aromatic heterocycles. The van der Waals surface area contributed by atoms with Crippen LogP contribution in [-0.4, -0.2) is 45.4 Å². The maximum absolute atomic E-state index is 12.7. The molecule has 0 radical (unpaired) electrons. The van der Waals surface area contributed by atoms with Gasteiger partial charge >= 0.3 is 0 Å². The number of benzene rings is 2. The van der Waals surface area contributed by atoms with Crippen molar-refractivity contribution in [1.29, 1.82) is 0 Å². The lowest BCUT2D eigenvalue weighted by Crippen LogP contribution is -2.41. The van der Waals surface area contributed by atoms with Crippen LogP contribution < -0.4 is 20.3 Å². The minimum absolute atomic E-state index is 0.0389. The van der Waals surface area contributed by atoms with Crippen LogP contribution in [0.2, 0.25) is 0 Å². The Hall–Kier alpha value is -3.57. The van der Waals surface area contributed by atoms with E-state index in [1.54, 1.807) is 18.2 Å². The number of thioether (sulfide) groups is 1. The second kappa shape index (κ2) is 9.92. The van der Waals surface area contributed by atoms with Crippen LogP contribution in [0.3, 0.4) is 0 Å². The summed E-state index contributed by atoms with van der Waals surface area (Å²) >= 11 is 6.53. The van der Waals surface area contributed by atoms with E-state index >= 15 is 0 Å². The summed E-state index contributed by atoms with van der Waals surface area (Å²) in [4.78, 5) is 38.7. The van der Waals surface area contributed by atoms with Gasteiger partial charge in [0.2, 0.25) is 12.7 Å². The Morgan fingerprint density at radius 1 is 1.12 bits per heavy atom. The van der Waals surface area contributed by atoms with E-state index in [-0.39, 0.29) is 31.4 Å². The molecule has 2 heterocycles. The Kier molecular flexibility index (Phi) is 6.80. The third-order valence-electron chi connectivity index (χ3n) is 4.80. The van der Waals surface area contributed by atoms with Gasteiger partial charge in [-0.1, -0.05) is 30.0 Å². The van der Waals surface area contributed by atoms with E-state index in [1.807, 2.05) is 6.07 Å². The van der Waals surface area contributed by atoms with E-state index in [0.717, 1.165) is 5.56 Å². The summed E-state index contributed by atoms with van der Waals surface area (Å²) in [6, 6.07) is 11.0. The Morgan fingerprint density at radius 3 is 2.67 bits per heavy atom. The molecule has 4 rings (SSSR count). The lowest BCUT2D eigenvalue weighted by atomic mass is 10.2. The molecule has 1 fully saturated rings. The summed E-state index contributed by atoms with van der Waals surface area (Å²) in [5.41, 5.74) is 5.72. The fraction of sp³-hybridized carbons (Fsp3) is 0.182. The van der Waals surface area contributed by atoms with Gasteiger partial charge in [0.25, 0.3) is 11.8 Å². The van der Waals surface area contributed by atoms with E-state index in [1.165, 1.54) is 40.9 Å². The molecule has 2 aliphatic heterocycles. The predicted octanol–water partition coefficient (Wildman–Crippen LogP) is 2.56. The standard InChI is InChI=1S/C22H19N3O6S2/c26-15-6-4-14(5-7-15)20(28)24-23-19(27)2-1-9-25-21(29)18(33-22(25)32)11-13-3-8-16-17(10-13)31-12-30-16/h3-8,10-11,26H,1-2,9,12H2,(H,23,27)(H,24,28). The third-order valence-corrected chi connectivity index (χ3v) is 6.18. The lowest BCUT2D eigenvalue weighted by Gasteiger charge is -2.14. The first-order valence-electron chi connectivity index (χ1n) is 9.94. The van der Waals surface area contributed by atoms with Crippen molar-refractivity contribution in [2.75, 3.05) is 13.3 Å². The summed E-state index contributed by atoms with van der Waals surface area (Å²) in [6.07, 6.45) is 2.20. The normalized spacial score (nSPS) is 15.8.